The van der Waals surface area contributed by atoms with E-state index in [-0.39, 0.29) is 21.9 Å². The first-order valence-corrected chi connectivity index (χ1v) is 6.74. The predicted molar refractivity (Wildman–Crippen MR) is 79.5 cm³/mol. The van der Waals surface area contributed by atoms with Gasteiger partial charge in [-0.1, -0.05) is 0 Å². The van der Waals surface area contributed by atoms with E-state index in [4.69, 9.17) is 5.73 Å². The second-order valence-electron chi connectivity index (χ2n) is 3.79. The number of phenols is 2. The number of imidazole rings is 1. The molecular weight excluding hydrogens is 380 g/mol. The molecule has 0 aliphatic rings. The molecule has 0 bridgehead atoms. The molecule has 4 N–H and O–H groups in total. The molecule has 0 saturated heterocycles. The van der Waals surface area contributed by atoms with Crippen LogP contribution in [0, 0.1) is 6.92 Å². The van der Waals surface area contributed by atoms with Crippen molar-refractivity contribution < 1.29 is 10.2 Å². The Balaban J connectivity index is 2.42. The maximum Gasteiger partial charge on any atom is 0.221 e. The van der Waals surface area contributed by atoms with Crippen molar-refractivity contribution in [3.63, 3.8) is 0 Å². The highest BCUT2D eigenvalue weighted by atomic mass is 79.9. The van der Waals surface area contributed by atoms with E-state index in [1.165, 1.54) is 10.9 Å². The molecule has 1 heterocycles. The molecule has 19 heavy (non-hydrogen) atoms. The molecule has 8 heteroatoms. The Bertz CT molecular complexity index is 667. The maximum atomic E-state index is 9.88. The van der Waals surface area contributed by atoms with Crippen LogP contribution < -0.4 is 5.73 Å². The molecule has 0 saturated carbocycles. The van der Waals surface area contributed by atoms with Crippen molar-refractivity contribution >= 4 is 44.0 Å². The van der Waals surface area contributed by atoms with Gasteiger partial charge in [0.05, 0.1) is 22.6 Å². The highest BCUT2D eigenvalue weighted by Crippen LogP contribution is 2.40. The molecule has 0 aliphatic heterocycles. The van der Waals surface area contributed by atoms with Crippen LogP contribution in [0.1, 0.15) is 11.3 Å². The number of rotatable bonds is 2. The summed E-state index contributed by atoms with van der Waals surface area (Å²) < 4.78 is 2.02. The summed E-state index contributed by atoms with van der Waals surface area (Å²) in [5, 5.41) is 23.6. The van der Waals surface area contributed by atoms with Crippen molar-refractivity contribution in [1.82, 2.24) is 9.66 Å². The Hall–Kier alpha value is -1.54. The van der Waals surface area contributed by atoms with Crippen molar-refractivity contribution in [2.45, 2.75) is 6.92 Å². The Morgan fingerprint density at radius 3 is 2.63 bits per heavy atom. The minimum absolute atomic E-state index is 0.0763. The average molecular weight is 390 g/mol. The molecular formula is C11H10Br2N4O2. The van der Waals surface area contributed by atoms with E-state index >= 15 is 0 Å². The van der Waals surface area contributed by atoms with Gasteiger partial charge in [0.2, 0.25) is 5.95 Å². The lowest BCUT2D eigenvalue weighted by Gasteiger charge is -2.06. The monoisotopic (exact) mass is 388 g/mol. The lowest BCUT2D eigenvalue weighted by Crippen LogP contribution is -1.97. The summed E-state index contributed by atoms with van der Waals surface area (Å²) in [6, 6.07) is 1.54. The molecule has 2 aromatic rings. The van der Waals surface area contributed by atoms with Gasteiger partial charge >= 0.3 is 0 Å². The van der Waals surface area contributed by atoms with Gasteiger partial charge in [0.25, 0.3) is 0 Å². The fourth-order valence-corrected chi connectivity index (χ4v) is 2.59. The van der Waals surface area contributed by atoms with Crippen LogP contribution in [-0.4, -0.2) is 26.1 Å². The minimum Gasteiger partial charge on any atom is -0.506 e. The summed E-state index contributed by atoms with van der Waals surface area (Å²) in [5.74, 6) is 0.0673. The van der Waals surface area contributed by atoms with Gasteiger partial charge in [0, 0.05) is 5.56 Å². The summed E-state index contributed by atoms with van der Waals surface area (Å²) in [6.45, 7) is 1.80. The molecule has 0 atom stereocenters. The highest BCUT2D eigenvalue weighted by Gasteiger charge is 2.12. The number of aromatic nitrogens is 2. The predicted octanol–water partition coefficient (Wildman–Crippen LogP) is 2.59. The number of nitrogen functional groups attached to an aromatic ring is 1. The van der Waals surface area contributed by atoms with Crippen molar-refractivity contribution in [2.24, 2.45) is 5.10 Å². The molecule has 100 valence electrons. The zero-order chi connectivity index (χ0) is 14.2. The fraction of sp³-hybridized carbons (Fsp3) is 0.0909. The molecule has 0 amide bonds. The van der Waals surface area contributed by atoms with Gasteiger partial charge in [-0.25, -0.2) is 9.66 Å². The number of anilines is 1. The van der Waals surface area contributed by atoms with Crippen LogP contribution in [-0.2, 0) is 0 Å². The Morgan fingerprint density at radius 2 is 2.05 bits per heavy atom. The lowest BCUT2D eigenvalue weighted by molar-refractivity contribution is 0.441. The normalized spacial score (nSPS) is 11.3. The Kier molecular flexibility index (Phi) is 3.81. The first kappa shape index (κ1) is 13.9. The minimum atomic E-state index is -0.111. The number of nitrogens with zero attached hydrogens (tertiary/aromatic N) is 3. The van der Waals surface area contributed by atoms with Crippen molar-refractivity contribution in [1.29, 1.82) is 0 Å². The SMILES string of the molecule is Cc1cn(N=Cc2cc(Br)c(O)c(Br)c2O)c(N)n1. The number of hydrogen-bond donors (Lipinski definition) is 3. The van der Waals surface area contributed by atoms with E-state index in [1.54, 1.807) is 19.2 Å². The smallest absolute Gasteiger partial charge is 0.221 e. The first-order valence-electron chi connectivity index (χ1n) is 5.16. The zero-order valence-electron chi connectivity index (χ0n) is 9.80. The number of benzene rings is 1. The molecule has 1 aromatic heterocycles. The van der Waals surface area contributed by atoms with Gasteiger partial charge in [0.1, 0.15) is 16.0 Å². The summed E-state index contributed by atoms with van der Waals surface area (Å²) in [6.07, 6.45) is 3.08. The summed E-state index contributed by atoms with van der Waals surface area (Å²) in [4.78, 5) is 4.00. The van der Waals surface area contributed by atoms with Crippen molar-refractivity contribution in [3.8, 4) is 11.5 Å². The van der Waals surface area contributed by atoms with E-state index < -0.39 is 0 Å². The van der Waals surface area contributed by atoms with Crippen LogP contribution >= 0.6 is 31.9 Å². The number of aryl methyl sites for hydroxylation is 1. The number of phenolic OH excluding ortho intramolecular Hbond substituents is 2. The van der Waals surface area contributed by atoms with Crippen molar-refractivity contribution in [2.75, 3.05) is 5.73 Å². The molecule has 0 radical (unpaired) electrons. The lowest BCUT2D eigenvalue weighted by atomic mass is 10.2. The highest BCUT2D eigenvalue weighted by molar-refractivity contribution is 9.11. The average Bonchev–Trinajstić information content (AvgIpc) is 2.68. The Morgan fingerprint density at radius 1 is 1.37 bits per heavy atom. The second kappa shape index (κ2) is 5.22. The molecule has 0 fully saturated rings. The molecule has 6 nitrogen and oxygen atoms in total. The van der Waals surface area contributed by atoms with E-state index in [9.17, 15) is 10.2 Å². The third-order valence-corrected chi connectivity index (χ3v) is 3.71. The molecule has 1 aromatic carbocycles. The third-order valence-electron chi connectivity index (χ3n) is 2.35. The van der Waals surface area contributed by atoms with Crippen LogP contribution in [0.3, 0.4) is 0 Å². The van der Waals surface area contributed by atoms with E-state index in [0.717, 1.165) is 5.69 Å². The van der Waals surface area contributed by atoms with Crippen LogP contribution in [0.15, 0.2) is 26.3 Å². The summed E-state index contributed by atoms with van der Waals surface area (Å²) in [5.41, 5.74) is 6.81. The molecule has 0 unspecified atom stereocenters. The second-order valence-corrected chi connectivity index (χ2v) is 5.44. The van der Waals surface area contributed by atoms with E-state index in [0.29, 0.717) is 10.0 Å². The number of nitrogens with two attached hydrogens (primary N) is 1. The fourth-order valence-electron chi connectivity index (χ4n) is 1.44. The third kappa shape index (κ3) is 2.74. The summed E-state index contributed by atoms with van der Waals surface area (Å²) in [7, 11) is 0. The van der Waals surface area contributed by atoms with Gasteiger partial charge < -0.3 is 15.9 Å². The number of hydrogen-bond acceptors (Lipinski definition) is 5. The molecule has 0 spiro atoms. The topological polar surface area (TPSA) is 96.7 Å². The Labute approximate surface area is 125 Å². The van der Waals surface area contributed by atoms with Crippen LogP contribution in [0.25, 0.3) is 0 Å². The van der Waals surface area contributed by atoms with Gasteiger partial charge in [-0.2, -0.15) is 5.10 Å². The molecule has 2 rings (SSSR count). The van der Waals surface area contributed by atoms with Gasteiger partial charge in [-0.05, 0) is 44.8 Å². The molecule has 0 aliphatic carbocycles. The van der Waals surface area contributed by atoms with Crippen LogP contribution in [0.4, 0.5) is 5.95 Å². The number of halogens is 2. The van der Waals surface area contributed by atoms with Crippen molar-refractivity contribution in [3.05, 3.63) is 32.5 Å². The summed E-state index contributed by atoms with van der Waals surface area (Å²) >= 11 is 6.27. The van der Waals surface area contributed by atoms with Crippen LogP contribution in [0.2, 0.25) is 0 Å². The number of aromatic hydroxyl groups is 2. The van der Waals surface area contributed by atoms with Crippen LogP contribution in [0.5, 0.6) is 11.5 Å². The van der Waals surface area contributed by atoms with E-state index in [2.05, 4.69) is 41.9 Å². The van der Waals surface area contributed by atoms with Gasteiger partial charge in [-0.15, -0.1) is 0 Å². The van der Waals surface area contributed by atoms with Gasteiger partial charge in [0.15, 0.2) is 0 Å². The maximum absolute atomic E-state index is 9.88. The van der Waals surface area contributed by atoms with Gasteiger partial charge in [-0.3, -0.25) is 0 Å². The first-order chi connectivity index (χ1) is 8.90. The van der Waals surface area contributed by atoms with E-state index in [1.807, 2.05) is 0 Å². The largest absolute Gasteiger partial charge is 0.506 e. The standard InChI is InChI=1S/C11H10Br2N4O2/c1-5-4-17(11(14)16-5)15-3-6-2-7(12)10(19)8(13)9(6)18/h2-4,18-19H,1H3,(H2,14,16). The quantitative estimate of drug-likeness (QED) is 0.687. The zero-order valence-corrected chi connectivity index (χ0v) is 13.0.